The van der Waals surface area contributed by atoms with Crippen molar-refractivity contribution < 1.29 is 4.74 Å². The zero-order chi connectivity index (χ0) is 18.3. The molecule has 140 valence electrons. The van der Waals surface area contributed by atoms with E-state index in [2.05, 4.69) is 47.5 Å². The molecule has 1 saturated heterocycles. The number of piperidine rings is 1. The highest BCUT2D eigenvalue weighted by molar-refractivity contribution is 5.74. The molecule has 1 fully saturated rings. The fraction of sp³-hybridized carbons (Fsp3) is 0.458. The van der Waals surface area contributed by atoms with Crippen molar-refractivity contribution in [1.82, 2.24) is 4.90 Å². The van der Waals surface area contributed by atoms with Gasteiger partial charge in [-0.25, -0.2) is 0 Å². The fourth-order valence-electron chi connectivity index (χ4n) is 5.45. The van der Waals surface area contributed by atoms with Crippen LogP contribution in [0.1, 0.15) is 36.0 Å². The molecule has 0 amide bonds. The molecule has 27 heavy (non-hydrogen) atoms. The molecule has 5 rings (SSSR count). The number of hydrogen-bond donors (Lipinski definition) is 0. The Morgan fingerprint density at radius 1 is 1.04 bits per heavy atom. The van der Waals surface area contributed by atoms with Gasteiger partial charge >= 0.3 is 0 Å². The Kier molecular flexibility index (Phi) is 4.28. The van der Waals surface area contributed by atoms with Crippen LogP contribution in [0.4, 0.5) is 5.69 Å². The monoisotopic (exact) mass is 360 g/mol. The van der Waals surface area contributed by atoms with Gasteiger partial charge in [0.25, 0.3) is 0 Å². The van der Waals surface area contributed by atoms with E-state index in [1.165, 1.54) is 44.3 Å². The first-order valence-corrected chi connectivity index (χ1v) is 10.3. The number of rotatable bonds is 3. The number of benzene rings is 2. The summed E-state index contributed by atoms with van der Waals surface area (Å²) in [7, 11) is 1.72. The Balaban J connectivity index is 1.24. The van der Waals surface area contributed by atoms with Gasteiger partial charge < -0.3 is 9.64 Å². The fourth-order valence-corrected chi connectivity index (χ4v) is 5.45. The lowest BCUT2D eigenvalue weighted by Crippen LogP contribution is -2.44. The van der Waals surface area contributed by atoms with E-state index in [1.54, 1.807) is 18.2 Å². The van der Waals surface area contributed by atoms with Gasteiger partial charge in [0.15, 0.2) is 0 Å². The molecule has 1 aliphatic carbocycles. The smallest absolute Gasteiger partial charge is 0.144 e. The lowest BCUT2D eigenvalue weighted by Gasteiger charge is -2.41. The van der Waals surface area contributed by atoms with Gasteiger partial charge in [0.2, 0.25) is 0 Å². The van der Waals surface area contributed by atoms with Crippen molar-refractivity contribution in [2.75, 3.05) is 26.7 Å². The minimum absolute atomic E-state index is 0.452. The van der Waals surface area contributed by atoms with E-state index in [0.29, 0.717) is 11.3 Å². The van der Waals surface area contributed by atoms with E-state index < -0.39 is 0 Å². The van der Waals surface area contributed by atoms with Crippen molar-refractivity contribution in [1.29, 1.82) is 0 Å². The summed E-state index contributed by atoms with van der Waals surface area (Å²) in [4.78, 5) is 7.40. The maximum Gasteiger partial charge on any atom is 0.144 e. The van der Waals surface area contributed by atoms with Gasteiger partial charge in [0.1, 0.15) is 11.4 Å². The predicted molar refractivity (Wildman–Crippen MR) is 110 cm³/mol. The number of para-hydroxylation sites is 1. The summed E-state index contributed by atoms with van der Waals surface area (Å²) in [5.41, 5.74) is 6.03. The minimum atomic E-state index is 0.452. The van der Waals surface area contributed by atoms with Crippen molar-refractivity contribution in [3.63, 3.8) is 0 Å². The molecule has 0 aromatic heterocycles. The maximum absolute atomic E-state index is 5.46. The highest BCUT2D eigenvalue weighted by atomic mass is 16.5. The molecule has 2 aromatic carbocycles. The quantitative estimate of drug-likeness (QED) is 0.802. The molecule has 1 spiro atoms. The number of methoxy groups -OCH3 is 1. The van der Waals surface area contributed by atoms with Crippen LogP contribution in [0.5, 0.6) is 5.75 Å². The van der Waals surface area contributed by atoms with Crippen LogP contribution in [0.25, 0.3) is 0 Å². The number of nitrogens with zero attached hydrogens (tertiary/aromatic N) is 2. The molecule has 1 unspecified atom stereocenters. The summed E-state index contributed by atoms with van der Waals surface area (Å²) in [6.45, 7) is 3.55. The van der Waals surface area contributed by atoms with Crippen molar-refractivity contribution in [3.8, 4) is 5.75 Å². The van der Waals surface area contributed by atoms with Crippen molar-refractivity contribution in [2.45, 2.75) is 37.5 Å². The Bertz CT molecular complexity index is 864. The molecule has 3 aliphatic rings. The van der Waals surface area contributed by atoms with Crippen LogP contribution < -0.4 is 4.74 Å². The van der Waals surface area contributed by atoms with Crippen LogP contribution in [0, 0.1) is 5.92 Å². The van der Waals surface area contributed by atoms with Crippen molar-refractivity contribution in [3.05, 3.63) is 59.2 Å². The topological polar surface area (TPSA) is 24.8 Å². The van der Waals surface area contributed by atoms with Gasteiger partial charge in [-0.3, -0.25) is 4.99 Å². The first-order chi connectivity index (χ1) is 13.3. The average molecular weight is 361 g/mol. The molecular formula is C24H28N2O. The lowest BCUT2D eigenvalue weighted by atomic mass is 9.73. The number of hydrogen-bond acceptors (Lipinski definition) is 3. The summed E-state index contributed by atoms with van der Waals surface area (Å²) in [6.07, 6.45) is 8.44. The summed E-state index contributed by atoms with van der Waals surface area (Å²) >= 11 is 0. The van der Waals surface area contributed by atoms with Gasteiger partial charge in [-0.1, -0.05) is 36.4 Å². The van der Waals surface area contributed by atoms with E-state index in [1.807, 2.05) is 6.07 Å². The number of ether oxygens (including phenoxy) is 1. The van der Waals surface area contributed by atoms with Gasteiger partial charge in [-0.05, 0) is 73.4 Å². The number of aliphatic imine (C=N–C) groups is 1. The van der Waals surface area contributed by atoms with Crippen molar-refractivity contribution >= 4 is 11.9 Å². The molecule has 1 atom stereocenters. The summed E-state index contributed by atoms with van der Waals surface area (Å²) in [5.74, 6) is 1.40. The average Bonchev–Trinajstić information content (AvgIpc) is 3.08. The molecule has 0 bridgehead atoms. The second-order valence-corrected chi connectivity index (χ2v) is 8.45. The van der Waals surface area contributed by atoms with Crippen LogP contribution in [-0.4, -0.2) is 37.9 Å². The van der Waals surface area contributed by atoms with E-state index in [4.69, 9.17) is 9.73 Å². The predicted octanol–water partition coefficient (Wildman–Crippen LogP) is 4.55. The van der Waals surface area contributed by atoms with Gasteiger partial charge in [0, 0.05) is 18.7 Å². The normalized spacial score (nSPS) is 23.2. The molecule has 3 heteroatoms. The molecule has 2 aromatic rings. The largest absolute Gasteiger partial charge is 0.494 e. The Labute approximate surface area is 162 Å². The molecule has 0 N–H and O–H groups in total. The standard InChI is InChI=1S/C24H28N2O/c1-27-22-8-4-6-20-15-18(16-25-23(20)22)17-26-13-11-24(12-14-26)10-9-19-5-2-3-7-21(19)24/h2-8,16,18H,9-15,17H2,1H3. The molecule has 0 saturated carbocycles. The maximum atomic E-state index is 5.46. The second kappa shape index (κ2) is 6.79. The van der Waals surface area contributed by atoms with Crippen LogP contribution in [0.2, 0.25) is 0 Å². The van der Waals surface area contributed by atoms with Gasteiger partial charge in [-0.2, -0.15) is 0 Å². The third kappa shape index (κ3) is 2.98. The number of aryl methyl sites for hydroxylation is 1. The molecule has 0 radical (unpaired) electrons. The van der Waals surface area contributed by atoms with Crippen LogP contribution in [0.3, 0.4) is 0 Å². The second-order valence-electron chi connectivity index (χ2n) is 8.45. The van der Waals surface area contributed by atoms with Crippen molar-refractivity contribution in [2.24, 2.45) is 10.9 Å². The zero-order valence-corrected chi connectivity index (χ0v) is 16.2. The first kappa shape index (κ1) is 17.0. The Morgan fingerprint density at radius 2 is 1.85 bits per heavy atom. The molecule has 2 aliphatic heterocycles. The molecule has 3 nitrogen and oxygen atoms in total. The van der Waals surface area contributed by atoms with E-state index in [0.717, 1.165) is 24.4 Å². The lowest BCUT2D eigenvalue weighted by molar-refractivity contribution is 0.150. The number of fused-ring (bicyclic) bond motifs is 3. The van der Waals surface area contributed by atoms with E-state index in [-0.39, 0.29) is 0 Å². The van der Waals surface area contributed by atoms with E-state index >= 15 is 0 Å². The SMILES string of the molecule is COc1cccc2c1N=CC(CN1CCC3(CCc4ccccc43)CC1)C2. The number of likely N-dealkylation sites (tertiary alicyclic amines) is 1. The highest BCUT2D eigenvalue weighted by Gasteiger charge is 2.41. The Hall–Kier alpha value is -2.13. The summed E-state index contributed by atoms with van der Waals surface area (Å²) < 4.78 is 5.46. The minimum Gasteiger partial charge on any atom is -0.494 e. The third-order valence-corrected chi connectivity index (χ3v) is 6.97. The molecule has 2 heterocycles. The van der Waals surface area contributed by atoms with E-state index in [9.17, 15) is 0 Å². The highest BCUT2D eigenvalue weighted by Crippen LogP contribution is 2.46. The van der Waals surface area contributed by atoms with Gasteiger partial charge in [0.05, 0.1) is 7.11 Å². The van der Waals surface area contributed by atoms with Gasteiger partial charge in [-0.15, -0.1) is 0 Å². The van der Waals surface area contributed by atoms with Crippen LogP contribution in [-0.2, 0) is 18.3 Å². The molecular weight excluding hydrogens is 332 g/mol. The Morgan fingerprint density at radius 3 is 2.70 bits per heavy atom. The van der Waals surface area contributed by atoms with Crippen LogP contribution in [0.15, 0.2) is 47.5 Å². The summed E-state index contributed by atoms with van der Waals surface area (Å²) in [5, 5.41) is 0. The first-order valence-electron chi connectivity index (χ1n) is 10.3. The zero-order valence-electron chi connectivity index (χ0n) is 16.2. The summed E-state index contributed by atoms with van der Waals surface area (Å²) in [6, 6.07) is 15.4. The third-order valence-electron chi connectivity index (χ3n) is 6.97. The van der Waals surface area contributed by atoms with Crippen LogP contribution >= 0.6 is 0 Å².